The summed E-state index contributed by atoms with van der Waals surface area (Å²) >= 11 is 0. The van der Waals surface area contributed by atoms with Gasteiger partial charge in [0, 0.05) is 25.8 Å². The van der Waals surface area contributed by atoms with Gasteiger partial charge in [-0.3, -0.25) is 24.6 Å². The molecule has 8 nitrogen and oxygen atoms in total. The van der Waals surface area contributed by atoms with Crippen LogP contribution in [0.3, 0.4) is 0 Å². The SMILES string of the molecule is COCN1C(=O)[C@@H]2CCCN2C(=O)c2cc([N+](=O)[O-])ccc21. The first-order chi connectivity index (χ1) is 10.5. The number of non-ortho nitro benzene ring substituents is 1. The summed E-state index contributed by atoms with van der Waals surface area (Å²) in [5.41, 5.74) is 0.357. The summed E-state index contributed by atoms with van der Waals surface area (Å²) in [5, 5.41) is 11.0. The Hall–Kier alpha value is -2.48. The maximum absolute atomic E-state index is 12.7. The lowest BCUT2D eigenvalue weighted by Gasteiger charge is -2.25. The number of ether oxygens (including phenoxy) is 1. The molecule has 0 unspecified atom stereocenters. The third kappa shape index (κ3) is 2.12. The Kier molecular flexibility index (Phi) is 3.53. The molecule has 2 amide bonds. The minimum atomic E-state index is -0.553. The Morgan fingerprint density at radius 1 is 1.41 bits per heavy atom. The summed E-state index contributed by atoms with van der Waals surface area (Å²) in [7, 11) is 1.46. The van der Waals surface area contributed by atoms with Crippen molar-refractivity contribution < 1.29 is 19.2 Å². The van der Waals surface area contributed by atoms with E-state index in [0.717, 1.165) is 6.42 Å². The van der Waals surface area contributed by atoms with Gasteiger partial charge in [0.05, 0.1) is 16.2 Å². The molecule has 116 valence electrons. The fraction of sp³-hybridized carbons (Fsp3) is 0.429. The molecule has 8 heteroatoms. The number of hydrogen-bond donors (Lipinski definition) is 0. The number of carbonyl (C=O) groups is 2. The van der Waals surface area contributed by atoms with Gasteiger partial charge >= 0.3 is 0 Å². The van der Waals surface area contributed by atoms with E-state index in [1.165, 1.54) is 35.1 Å². The molecular formula is C14H15N3O5. The zero-order valence-corrected chi connectivity index (χ0v) is 12.0. The summed E-state index contributed by atoms with van der Waals surface area (Å²) in [6.45, 7) is 0.486. The van der Waals surface area contributed by atoms with E-state index >= 15 is 0 Å². The quantitative estimate of drug-likeness (QED) is 0.617. The van der Waals surface area contributed by atoms with Crippen molar-refractivity contribution >= 4 is 23.2 Å². The lowest BCUT2D eigenvalue weighted by Crippen LogP contribution is -2.45. The van der Waals surface area contributed by atoms with Crippen LogP contribution < -0.4 is 4.90 Å². The van der Waals surface area contributed by atoms with Crippen molar-refractivity contribution in [3.8, 4) is 0 Å². The van der Waals surface area contributed by atoms with Crippen LogP contribution in [-0.4, -0.2) is 48.1 Å². The molecule has 1 aromatic carbocycles. The topological polar surface area (TPSA) is 93.0 Å². The molecule has 0 bridgehead atoms. The number of hydrogen-bond acceptors (Lipinski definition) is 5. The van der Waals surface area contributed by atoms with Crippen LogP contribution >= 0.6 is 0 Å². The molecule has 2 aliphatic rings. The Bertz CT molecular complexity index is 660. The van der Waals surface area contributed by atoms with Crippen LogP contribution in [0.5, 0.6) is 0 Å². The summed E-state index contributed by atoms with van der Waals surface area (Å²) in [6, 6.07) is 3.44. The van der Waals surface area contributed by atoms with Crippen molar-refractivity contribution in [3.05, 3.63) is 33.9 Å². The van der Waals surface area contributed by atoms with Gasteiger partial charge in [-0.1, -0.05) is 0 Å². The molecule has 1 atom stereocenters. The van der Waals surface area contributed by atoms with Crippen LogP contribution in [0, 0.1) is 10.1 Å². The normalized spacial score (nSPS) is 20.7. The Morgan fingerprint density at radius 3 is 2.86 bits per heavy atom. The number of fused-ring (bicyclic) bond motifs is 2. The number of benzene rings is 1. The van der Waals surface area contributed by atoms with Gasteiger partial charge in [0.2, 0.25) is 0 Å². The number of nitro groups is 1. The Balaban J connectivity index is 2.16. The van der Waals surface area contributed by atoms with Crippen molar-refractivity contribution in [2.75, 3.05) is 25.3 Å². The number of anilines is 1. The molecule has 1 saturated heterocycles. The van der Waals surface area contributed by atoms with Crippen molar-refractivity contribution in [1.29, 1.82) is 0 Å². The van der Waals surface area contributed by atoms with E-state index in [1.807, 2.05) is 0 Å². The largest absolute Gasteiger partial charge is 0.364 e. The van der Waals surface area contributed by atoms with Crippen LogP contribution in [0.1, 0.15) is 23.2 Å². The highest BCUT2D eigenvalue weighted by Crippen LogP contribution is 2.34. The highest BCUT2D eigenvalue weighted by atomic mass is 16.6. The number of rotatable bonds is 3. The van der Waals surface area contributed by atoms with Gasteiger partial charge in [-0.05, 0) is 18.9 Å². The fourth-order valence-corrected chi connectivity index (χ4v) is 3.03. The first-order valence-corrected chi connectivity index (χ1v) is 6.94. The average Bonchev–Trinajstić information content (AvgIpc) is 2.97. The van der Waals surface area contributed by atoms with Gasteiger partial charge in [-0.25, -0.2) is 0 Å². The molecule has 2 heterocycles. The summed E-state index contributed by atoms with van der Waals surface area (Å²) in [6.07, 6.45) is 1.34. The molecule has 22 heavy (non-hydrogen) atoms. The van der Waals surface area contributed by atoms with Gasteiger partial charge < -0.3 is 9.64 Å². The molecule has 0 aliphatic carbocycles. The molecule has 0 aromatic heterocycles. The number of nitrogens with zero attached hydrogens (tertiary/aromatic N) is 3. The third-order valence-corrected chi connectivity index (χ3v) is 4.04. The number of methoxy groups -OCH3 is 1. The van der Waals surface area contributed by atoms with Crippen LogP contribution in [0.25, 0.3) is 0 Å². The minimum absolute atomic E-state index is 0.00125. The van der Waals surface area contributed by atoms with Crippen molar-refractivity contribution in [1.82, 2.24) is 4.90 Å². The number of amides is 2. The second-order valence-corrected chi connectivity index (χ2v) is 5.30. The van der Waals surface area contributed by atoms with Gasteiger partial charge in [-0.2, -0.15) is 0 Å². The summed E-state index contributed by atoms with van der Waals surface area (Å²) < 4.78 is 5.07. The molecule has 3 rings (SSSR count). The van der Waals surface area contributed by atoms with Crippen molar-refractivity contribution in [2.24, 2.45) is 0 Å². The van der Waals surface area contributed by atoms with E-state index in [2.05, 4.69) is 0 Å². The van der Waals surface area contributed by atoms with E-state index in [-0.39, 0.29) is 29.8 Å². The van der Waals surface area contributed by atoms with Crippen LogP contribution in [0.4, 0.5) is 11.4 Å². The standard InChI is InChI=1S/C14H15N3O5/c1-22-8-16-11-5-4-9(17(20)21)7-10(11)13(18)15-6-2-3-12(15)14(16)19/h4-5,7,12H,2-3,6,8H2,1H3/t12-/m0/s1. The zero-order valence-electron chi connectivity index (χ0n) is 12.0. The zero-order chi connectivity index (χ0) is 15.9. The molecule has 1 aromatic rings. The molecule has 0 spiro atoms. The van der Waals surface area contributed by atoms with E-state index < -0.39 is 11.0 Å². The van der Waals surface area contributed by atoms with Crippen LogP contribution in [0.2, 0.25) is 0 Å². The number of nitro benzene ring substituents is 1. The van der Waals surface area contributed by atoms with Gasteiger partial charge in [0.1, 0.15) is 12.8 Å². The Labute approximate surface area is 126 Å². The number of carbonyl (C=O) groups excluding carboxylic acids is 2. The van der Waals surface area contributed by atoms with Crippen LogP contribution in [0.15, 0.2) is 18.2 Å². The van der Waals surface area contributed by atoms with Gasteiger partial charge in [0.15, 0.2) is 0 Å². The van der Waals surface area contributed by atoms with Gasteiger partial charge in [0.25, 0.3) is 17.5 Å². The molecule has 1 fully saturated rings. The van der Waals surface area contributed by atoms with E-state index in [9.17, 15) is 19.7 Å². The minimum Gasteiger partial charge on any atom is -0.364 e. The van der Waals surface area contributed by atoms with Gasteiger partial charge in [-0.15, -0.1) is 0 Å². The lowest BCUT2D eigenvalue weighted by atomic mass is 10.1. The maximum atomic E-state index is 12.7. The average molecular weight is 305 g/mol. The predicted octanol–water partition coefficient (Wildman–Crippen LogP) is 1.15. The molecular weight excluding hydrogens is 290 g/mol. The monoisotopic (exact) mass is 305 g/mol. The second-order valence-electron chi connectivity index (χ2n) is 5.30. The highest BCUT2D eigenvalue weighted by molar-refractivity contribution is 6.11. The predicted molar refractivity (Wildman–Crippen MR) is 76.5 cm³/mol. The molecule has 0 N–H and O–H groups in total. The first kappa shape index (κ1) is 14.5. The second kappa shape index (κ2) is 5.38. The Morgan fingerprint density at radius 2 is 2.18 bits per heavy atom. The first-order valence-electron chi connectivity index (χ1n) is 6.94. The smallest absolute Gasteiger partial charge is 0.270 e. The third-order valence-electron chi connectivity index (χ3n) is 4.04. The molecule has 0 radical (unpaired) electrons. The summed E-state index contributed by atoms with van der Waals surface area (Å²) in [5.74, 6) is -0.548. The molecule has 2 aliphatic heterocycles. The lowest BCUT2D eigenvalue weighted by molar-refractivity contribution is -0.384. The van der Waals surface area contributed by atoms with E-state index in [1.54, 1.807) is 0 Å². The molecule has 0 saturated carbocycles. The van der Waals surface area contributed by atoms with E-state index in [4.69, 9.17) is 4.74 Å². The van der Waals surface area contributed by atoms with E-state index in [0.29, 0.717) is 18.7 Å². The van der Waals surface area contributed by atoms with Crippen molar-refractivity contribution in [3.63, 3.8) is 0 Å². The fourth-order valence-electron chi connectivity index (χ4n) is 3.03. The van der Waals surface area contributed by atoms with Crippen molar-refractivity contribution in [2.45, 2.75) is 18.9 Å². The summed E-state index contributed by atoms with van der Waals surface area (Å²) in [4.78, 5) is 38.6. The maximum Gasteiger partial charge on any atom is 0.270 e. The highest BCUT2D eigenvalue weighted by Gasteiger charge is 2.42. The van der Waals surface area contributed by atoms with Crippen LogP contribution in [-0.2, 0) is 9.53 Å².